The summed E-state index contributed by atoms with van der Waals surface area (Å²) in [7, 11) is 0. The molecule has 156 valence electrons. The van der Waals surface area contributed by atoms with E-state index in [2.05, 4.69) is 41.2 Å². The minimum absolute atomic E-state index is 0.109. The average Bonchev–Trinajstić information content (AvgIpc) is 3.28. The number of rotatable bonds is 4. The van der Waals surface area contributed by atoms with Crippen molar-refractivity contribution in [2.45, 2.75) is 13.5 Å². The molecule has 0 fully saturated rings. The van der Waals surface area contributed by atoms with Crippen molar-refractivity contribution in [3.8, 4) is 11.3 Å². The molecule has 5 rings (SSSR count). The average molecular weight is 419 g/mol. The molecule has 0 aliphatic carbocycles. The Morgan fingerprint density at radius 2 is 1.94 bits per heavy atom. The molecule has 11 heteroatoms. The van der Waals surface area contributed by atoms with Crippen LogP contribution in [-0.4, -0.2) is 37.3 Å². The van der Waals surface area contributed by atoms with Gasteiger partial charge in [0, 0.05) is 12.1 Å². The number of aromatic amines is 1. The maximum atomic E-state index is 14.1. The van der Waals surface area contributed by atoms with Gasteiger partial charge >= 0.3 is 0 Å². The second-order valence-corrected chi connectivity index (χ2v) is 7.18. The first-order valence-electron chi connectivity index (χ1n) is 9.58. The number of tetrazole rings is 1. The largest absolute Gasteiger partial charge is 0.620 e. The van der Waals surface area contributed by atoms with Crippen LogP contribution in [0.2, 0.25) is 0 Å². The Labute approximate surface area is 176 Å². The third-order valence-corrected chi connectivity index (χ3v) is 5.15. The topological polar surface area (TPSA) is 127 Å². The van der Waals surface area contributed by atoms with Crippen molar-refractivity contribution in [3.05, 3.63) is 70.7 Å². The number of aryl methyl sites for hydroxylation is 1. The van der Waals surface area contributed by atoms with E-state index >= 15 is 0 Å². The Hall–Kier alpha value is -3.80. The number of hydrogen-bond acceptors (Lipinski definition) is 8. The predicted molar refractivity (Wildman–Crippen MR) is 113 cm³/mol. The smallest absolute Gasteiger partial charge is 0.269 e. The summed E-state index contributed by atoms with van der Waals surface area (Å²) >= 11 is 0. The van der Waals surface area contributed by atoms with Crippen LogP contribution < -0.4 is 15.3 Å². The molecule has 1 aliphatic rings. The number of halogens is 1. The second-order valence-electron chi connectivity index (χ2n) is 7.18. The molecule has 2 aromatic heterocycles. The van der Waals surface area contributed by atoms with Gasteiger partial charge in [-0.1, -0.05) is 23.3 Å². The molecule has 3 heterocycles. The standard InChI is InChI=1S/C20H18FN9O/c1-12-9-13(21)7-8-15(12)17-16-10-22-11-30(31,14-5-3-2-4-6-14)18(16)24-19(23-17)25-20-26-28-29-27-20/h2-9,22H,10-11H2,1H3,(H2,23,24,25,26,27,28,29). The number of H-pyrrole nitrogens is 1. The molecule has 0 radical (unpaired) electrons. The molecule has 10 nitrogen and oxygen atoms in total. The number of aromatic nitrogens is 6. The first-order valence-corrected chi connectivity index (χ1v) is 9.58. The van der Waals surface area contributed by atoms with Gasteiger partial charge in [0.25, 0.3) is 5.95 Å². The van der Waals surface area contributed by atoms with E-state index in [1.807, 2.05) is 18.2 Å². The molecule has 0 bridgehead atoms. The molecule has 4 aromatic rings. The van der Waals surface area contributed by atoms with Crippen molar-refractivity contribution in [2.24, 2.45) is 0 Å². The third kappa shape index (κ3) is 3.40. The number of hydrogen-bond donors (Lipinski definition) is 3. The number of fused-ring (bicyclic) bond motifs is 1. The Balaban J connectivity index is 1.74. The highest BCUT2D eigenvalue weighted by Crippen LogP contribution is 2.41. The van der Waals surface area contributed by atoms with E-state index in [-0.39, 0.29) is 24.4 Å². The van der Waals surface area contributed by atoms with Crippen LogP contribution in [0.5, 0.6) is 0 Å². The molecule has 0 saturated heterocycles. The molecule has 1 unspecified atom stereocenters. The van der Waals surface area contributed by atoms with Crippen molar-refractivity contribution in [1.29, 1.82) is 0 Å². The molecular weight excluding hydrogens is 401 g/mol. The predicted octanol–water partition coefficient (Wildman–Crippen LogP) is 3.05. The van der Waals surface area contributed by atoms with Gasteiger partial charge in [-0.2, -0.15) is 10.2 Å². The lowest BCUT2D eigenvalue weighted by Crippen LogP contribution is -2.50. The number of benzene rings is 2. The van der Waals surface area contributed by atoms with Crippen LogP contribution in [0.15, 0.2) is 48.5 Å². The van der Waals surface area contributed by atoms with E-state index in [1.165, 1.54) is 12.1 Å². The maximum absolute atomic E-state index is 14.1. The minimum Gasteiger partial charge on any atom is -0.620 e. The zero-order valence-electron chi connectivity index (χ0n) is 16.5. The Morgan fingerprint density at radius 1 is 1.10 bits per heavy atom. The van der Waals surface area contributed by atoms with Gasteiger partial charge in [0.1, 0.15) is 18.2 Å². The van der Waals surface area contributed by atoms with E-state index in [9.17, 15) is 9.60 Å². The number of nitrogens with zero attached hydrogens (tertiary/aromatic N) is 6. The van der Waals surface area contributed by atoms with Gasteiger partial charge in [0.15, 0.2) is 0 Å². The molecule has 0 spiro atoms. The quantitative estimate of drug-likeness (QED) is 0.340. The highest BCUT2D eigenvalue weighted by atomic mass is 19.1. The van der Waals surface area contributed by atoms with Gasteiger partial charge in [-0.25, -0.2) is 9.37 Å². The van der Waals surface area contributed by atoms with Crippen molar-refractivity contribution in [1.82, 2.24) is 40.6 Å². The zero-order chi connectivity index (χ0) is 21.4. The molecule has 2 aromatic carbocycles. The van der Waals surface area contributed by atoms with Crippen molar-refractivity contribution >= 4 is 23.4 Å². The van der Waals surface area contributed by atoms with Crippen molar-refractivity contribution < 1.29 is 4.39 Å². The number of anilines is 2. The van der Waals surface area contributed by atoms with Crippen LogP contribution in [0.25, 0.3) is 11.3 Å². The van der Waals surface area contributed by atoms with Crippen LogP contribution in [0.4, 0.5) is 27.8 Å². The van der Waals surface area contributed by atoms with Crippen LogP contribution in [0, 0.1) is 17.9 Å². The molecule has 1 aliphatic heterocycles. The van der Waals surface area contributed by atoms with Gasteiger partial charge in [0.2, 0.25) is 11.8 Å². The fraction of sp³-hybridized carbons (Fsp3) is 0.150. The van der Waals surface area contributed by atoms with E-state index in [0.717, 1.165) is 0 Å². The fourth-order valence-corrected chi connectivity index (χ4v) is 3.72. The molecule has 0 saturated carbocycles. The van der Waals surface area contributed by atoms with Gasteiger partial charge in [-0.3, -0.25) is 15.3 Å². The molecule has 3 N–H and O–H groups in total. The van der Waals surface area contributed by atoms with Crippen LogP contribution in [0.3, 0.4) is 0 Å². The Kier molecular flexibility index (Phi) is 4.62. The van der Waals surface area contributed by atoms with Crippen LogP contribution >= 0.6 is 0 Å². The summed E-state index contributed by atoms with van der Waals surface area (Å²) in [6.07, 6.45) is 0. The number of nitrogens with one attached hydrogen (secondary N) is 3. The lowest BCUT2D eigenvalue weighted by Gasteiger charge is -2.44. The van der Waals surface area contributed by atoms with Gasteiger partial charge < -0.3 is 5.21 Å². The second kappa shape index (κ2) is 7.47. The van der Waals surface area contributed by atoms with Crippen molar-refractivity contribution in [3.63, 3.8) is 0 Å². The van der Waals surface area contributed by atoms with Crippen LogP contribution in [0.1, 0.15) is 11.1 Å². The van der Waals surface area contributed by atoms with E-state index in [1.54, 1.807) is 25.1 Å². The summed E-state index contributed by atoms with van der Waals surface area (Å²) in [6.45, 7) is 2.31. The monoisotopic (exact) mass is 419 g/mol. The molecule has 0 amide bonds. The third-order valence-electron chi connectivity index (χ3n) is 5.15. The number of hydroxylamine groups is 1. The Morgan fingerprint density at radius 3 is 2.68 bits per heavy atom. The highest BCUT2D eigenvalue weighted by molar-refractivity contribution is 5.75. The minimum atomic E-state index is -0.813. The lowest BCUT2D eigenvalue weighted by atomic mass is 10.00. The van der Waals surface area contributed by atoms with E-state index < -0.39 is 4.65 Å². The lowest BCUT2D eigenvalue weighted by molar-refractivity contribution is 0.407. The zero-order valence-corrected chi connectivity index (χ0v) is 16.5. The summed E-state index contributed by atoms with van der Waals surface area (Å²) in [5.74, 6) is 0.268. The first kappa shape index (κ1) is 19.2. The summed E-state index contributed by atoms with van der Waals surface area (Å²) in [4.78, 5) is 9.18. The normalized spacial score (nSPS) is 17.9. The fourth-order valence-electron chi connectivity index (χ4n) is 3.72. The Bertz CT molecular complexity index is 1230. The van der Waals surface area contributed by atoms with Gasteiger partial charge in [-0.15, -0.1) is 5.10 Å². The molecule has 31 heavy (non-hydrogen) atoms. The van der Waals surface area contributed by atoms with Crippen molar-refractivity contribution in [2.75, 3.05) is 12.0 Å². The molecule has 1 atom stereocenters. The highest BCUT2D eigenvalue weighted by Gasteiger charge is 2.35. The molecular formula is C20H18FN9O. The SMILES string of the molecule is Cc1cc(F)ccc1-c1nc(Nc2nn[nH]n2)nc2c1CNC[N+]2([O-])c1ccccc1. The maximum Gasteiger partial charge on any atom is 0.269 e. The summed E-state index contributed by atoms with van der Waals surface area (Å²) in [5.41, 5.74) is 3.12. The summed E-state index contributed by atoms with van der Waals surface area (Å²) in [5, 5.41) is 33.7. The number of para-hydroxylation sites is 1. The van der Waals surface area contributed by atoms with Crippen LogP contribution in [-0.2, 0) is 6.54 Å². The summed E-state index contributed by atoms with van der Waals surface area (Å²) < 4.78 is 12.9. The summed E-state index contributed by atoms with van der Waals surface area (Å²) in [6, 6.07) is 13.5. The van der Waals surface area contributed by atoms with E-state index in [0.29, 0.717) is 40.4 Å². The number of quaternary nitrogens is 1. The van der Waals surface area contributed by atoms with Gasteiger partial charge in [-0.05, 0) is 48.0 Å². The van der Waals surface area contributed by atoms with E-state index in [4.69, 9.17) is 0 Å². The first-order chi connectivity index (χ1) is 15.0. The van der Waals surface area contributed by atoms with Gasteiger partial charge in [0.05, 0.1) is 11.3 Å².